The van der Waals surface area contributed by atoms with Crippen LogP contribution in [0.5, 0.6) is 0 Å². The number of nitrogens with one attached hydrogen (secondary N) is 3. The van der Waals surface area contributed by atoms with Gasteiger partial charge in [0.05, 0.1) is 0 Å². The SMILES string of the molecule is O=C(NNC(=O)C(F)(F)F)c1ccc(CNC(=O)N2CCSCC2)cc1. The van der Waals surface area contributed by atoms with Crippen LogP contribution < -0.4 is 16.2 Å². The highest BCUT2D eigenvalue weighted by atomic mass is 32.2. The third-order valence-electron chi connectivity index (χ3n) is 3.51. The first-order valence-corrected chi connectivity index (χ1v) is 8.80. The maximum absolute atomic E-state index is 12.0. The van der Waals surface area contributed by atoms with Gasteiger partial charge in [-0.1, -0.05) is 12.1 Å². The summed E-state index contributed by atoms with van der Waals surface area (Å²) in [5, 5.41) is 2.77. The Labute approximate surface area is 151 Å². The Morgan fingerprint density at radius 1 is 1.04 bits per heavy atom. The number of thioether (sulfide) groups is 1. The highest BCUT2D eigenvalue weighted by molar-refractivity contribution is 7.99. The van der Waals surface area contributed by atoms with Gasteiger partial charge in [-0.3, -0.25) is 20.4 Å². The molecular formula is C15H17F3N4O3S. The zero-order valence-electron chi connectivity index (χ0n) is 13.6. The molecule has 1 aromatic rings. The molecule has 0 saturated carbocycles. The van der Waals surface area contributed by atoms with Crippen molar-refractivity contribution in [2.45, 2.75) is 12.7 Å². The molecule has 0 aliphatic carbocycles. The molecule has 0 unspecified atom stereocenters. The van der Waals surface area contributed by atoms with Crippen LogP contribution in [0.15, 0.2) is 24.3 Å². The van der Waals surface area contributed by atoms with Crippen LogP contribution in [0.1, 0.15) is 15.9 Å². The van der Waals surface area contributed by atoms with E-state index in [1.54, 1.807) is 34.2 Å². The van der Waals surface area contributed by atoms with Gasteiger partial charge < -0.3 is 10.2 Å². The second-order valence-electron chi connectivity index (χ2n) is 5.36. The number of hydrogen-bond acceptors (Lipinski definition) is 4. The minimum absolute atomic E-state index is 0.0654. The summed E-state index contributed by atoms with van der Waals surface area (Å²) < 4.78 is 36.1. The maximum Gasteiger partial charge on any atom is 0.472 e. The molecule has 1 saturated heterocycles. The van der Waals surface area contributed by atoms with E-state index in [0.717, 1.165) is 17.1 Å². The molecule has 0 radical (unpaired) electrons. The molecule has 7 nitrogen and oxygen atoms in total. The molecule has 2 rings (SSSR count). The number of carbonyl (C=O) groups is 3. The van der Waals surface area contributed by atoms with Crippen molar-refractivity contribution in [2.75, 3.05) is 24.6 Å². The standard InChI is InChI=1S/C15H17F3N4O3S/c16-15(17,18)13(24)21-20-12(23)11-3-1-10(2-4-11)9-19-14(25)22-5-7-26-8-6-22/h1-4H,5-9H2,(H,19,25)(H,20,23)(H,21,24). The molecule has 142 valence electrons. The van der Waals surface area contributed by atoms with Crippen molar-refractivity contribution in [3.8, 4) is 0 Å². The van der Waals surface area contributed by atoms with Gasteiger partial charge in [-0.2, -0.15) is 24.9 Å². The summed E-state index contributed by atoms with van der Waals surface area (Å²) in [6.45, 7) is 1.65. The number of carbonyl (C=O) groups excluding carboxylic acids is 3. The summed E-state index contributed by atoms with van der Waals surface area (Å²) in [5.41, 5.74) is 3.75. The van der Waals surface area contributed by atoms with Crippen molar-refractivity contribution in [3.05, 3.63) is 35.4 Å². The number of halogens is 3. The third-order valence-corrected chi connectivity index (χ3v) is 4.45. The van der Waals surface area contributed by atoms with Crippen LogP contribution in [-0.4, -0.2) is 53.5 Å². The molecule has 0 bridgehead atoms. The number of rotatable bonds is 3. The summed E-state index contributed by atoms with van der Waals surface area (Å²) in [5.74, 6) is -1.34. The number of amides is 4. The van der Waals surface area contributed by atoms with Gasteiger partial charge in [-0.05, 0) is 17.7 Å². The first-order valence-electron chi connectivity index (χ1n) is 7.64. The van der Waals surface area contributed by atoms with Crippen LogP contribution in [0.25, 0.3) is 0 Å². The summed E-state index contributed by atoms with van der Waals surface area (Å²) >= 11 is 1.79. The Kier molecular flexibility index (Phi) is 6.72. The van der Waals surface area contributed by atoms with Gasteiger partial charge in [0.1, 0.15) is 0 Å². The van der Waals surface area contributed by atoms with E-state index in [9.17, 15) is 27.6 Å². The third kappa shape index (κ3) is 5.83. The normalized spacial score (nSPS) is 14.5. The Hall–Kier alpha value is -2.43. The minimum Gasteiger partial charge on any atom is -0.334 e. The molecule has 26 heavy (non-hydrogen) atoms. The Morgan fingerprint density at radius 2 is 1.65 bits per heavy atom. The monoisotopic (exact) mass is 390 g/mol. The largest absolute Gasteiger partial charge is 0.472 e. The van der Waals surface area contributed by atoms with E-state index in [4.69, 9.17) is 0 Å². The summed E-state index contributed by atoms with van der Waals surface area (Å²) in [7, 11) is 0. The molecule has 1 aliphatic rings. The second-order valence-corrected chi connectivity index (χ2v) is 6.59. The lowest BCUT2D eigenvalue weighted by molar-refractivity contribution is -0.174. The predicted octanol–water partition coefficient (Wildman–Crippen LogP) is 1.27. The fraction of sp³-hybridized carbons (Fsp3) is 0.400. The van der Waals surface area contributed by atoms with Crippen LogP contribution in [0.3, 0.4) is 0 Å². The molecule has 0 spiro atoms. The zero-order chi connectivity index (χ0) is 19.2. The Balaban J connectivity index is 1.80. The second kappa shape index (κ2) is 8.79. The maximum atomic E-state index is 12.0. The van der Waals surface area contributed by atoms with Crippen LogP contribution in [0, 0.1) is 0 Å². The van der Waals surface area contributed by atoms with E-state index in [1.165, 1.54) is 17.6 Å². The molecule has 1 aromatic carbocycles. The molecule has 1 fully saturated rings. The van der Waals surface area contributed by atoms with E-state index >= 15 is 0 Å². The lowest BCUT2D eigenvalue weighted by atomic mass is 10.1. The van der Waals surface area contributed by atoms with E-state index in [1.807, 2.05) is 0 Å². The summed E-state index contributed by atoms with van der Waals surface area (Å²) in [6.07, 6.45) is -5.08. The van der Waals surface area contributed by atoms with E-state index < -0.39 is 18.0 Å². The molecule has 0 aromatic heterocycles. The summed E-state index contributed by atoms with van der Waals surface area (Å²) in [6, 6.07) is 5.73. The van der Waals surface area contributed by atoms with Crippen molar-refractivity contribution in [1.82, 2.24) is 21.1 Å². The number of hydrazine groups is 1. The van der Waals surface area contributed by atoms with Crippen molar-refractivity contribution >= 4 is 29.6 Å². The highest BCUT2D eigenvalue weighted by Crippen LogP contribution is 2.13. The fourth-order valence-corrected chi connectivity index (χ4v) is 2.99. The highest BCUT2D eigenvalue weighted by Gasteiger charge is 2.38. The molecule has 3 N–H and O–H groups in total. The first kappa shape index (κ1) is 19.9. The van der Waals surface area contributed by atoms with Crippen molar-refractivity contribution in [1.29, 1.82) is 0 Å². The predicted molar refractivity (Wildman–Crippen MR) is 89.2 cm³/mol. The topological polar surface area (TPSA) is 90.5 Å². The Morgan fingerprint density at radius 3 is 2.23 bits per heavy atom. The molecule has 1 heterocycles. The Bertz CT molecular complexity index is 661. The fourth-order valence-electron chi connectivity index (χ4n) is 2.09. The number of hydrogen-bond donors (Lipinski definition) is 3. The first-order chi connectivity index (χ1) is 12.3. The number of benzene rings is 1. The molecule has 0 atom stereocenters. The van der Waals surface area contributed by atoms with E-state index in [2.05, 4.69) is 5.32 Å². The van der Waals surface area contributed by atoms with Gasteiger partial charge in [0.25, 0.3) is 5.91 Å². The average Bonchev–Trinajstić information content (AvgIpc) is 2.64. The molecular weight excluding hydrogens is 373 g/mol. The smallest absolute Gasteiger partial charge is 0.334 e. The van der Waals surface area contributed by atoms with Gasteiger partial charge in [0.2, 0.25) is 0 Å². The minimum atomic E-state index is -5.08. The lowest BCUT2D eigenvalue weighted by Crippen LogP contribution is -2.47. The van der Waals surface area contributed by atoms with Gasteiger partial charge in [-0.25, -0.2) is 4.79 Å². The van der Waals surface area contributed by atoms with Crippen molar-refractivity contribution < 1.29 is 27.6 Å². The number of alkyl halides is 3. The van der Waals surface area contributed by atoms with E-state index in [0.29, 0.717) is 13.1 Å². The molecule has 4 amide bonds. The molecule has 11 heteroatoms. The number of urea groups is 1. The number of nitrogens with zero attached hydrogens (tertiary/aromatic N) is 1. The van der Waals surface area contributed by atoms with E-state index in [-0.39, 0.29) is 18.1 Å². The van der Waals surface area contributed by atoms with Gasteiger partial charge in [-0.15, -0.1) is 0 Å². The van der Waals surface area contributed by atoms with Crippen LogP contribution in [0.2, 0.25) is 0 Å². The van der Waals surface area contributed by atoms with Crippen LogP contribution in [-0.2, 0) is 11.3 Å². The van der Waals surface area contributed by atoms with Gasteiger partial charge in [0.15, 0.2) is 0 Å². The summed E-state index contributed by atoms with van der Waals surface area (Å²) in [4.78, 5) is 36.0. The zero-order valence-corrected chi connectivity index (χ0v) is 14.4. The van der Waals surface area contributed by atoms with Crippen LogP contribution >= 0.6 is 11.8 Å². The lowest BCUT2D eigenvalue weighted by Gasteiger charge is -2.26. The van der Waals surface area contributed by atoms with Crippen LogP contribution in [0.4, 0.5) is 18.0 Å². The van der Waals surface area contributed by atoms with Crippen molar-refractivity contribution in [2.24, 2.45) is 0 Å². The van der Waals surface area contributed by atoms with Gasteiger partial charge in [0, 0.05) is 36.7 Å². The van der Waals surface area contributed by atoms with Crippen molar-refractivity contribution in [3.63, 3.8) is 0 Å². The average molecular weight is 390 g/mol. The quantitative estimate of drug-likeness (QED) is 0.678. The van der Waals surface area contributed by atoms with Gasteiger partial charge >= 0.3 is 18.1 Å². The molecule has 1 aliphatic heterocycles.